The van der Waals surface area contributed by atoms with Crippen molar-refractivity contribution in [1.29, 1.82) is 0 Å². The highest BCUT2D eigenvalue weighted by atomic mass is 16.5. The Kier molecular flexibility index (Phi) is 6.97. The van der Waals surface area contributed by atoms with E-state index in [-0.39, 0.29) is 12.0 Å². The van der Waals surface area contributed by atoms with E-state index >= 15 is 0 Å². The number of carbonyl (C=O) groups is 1. The van der Waals surface area contributed by atoms with Crippen LogP contribution in [0.15, 0.2) is 24.3 Å². The van der Waals surface area contributed by atoms with Crippen LogP contribution in [0.1, 0.15) is 38.3 Å². The number of rotatable bonds is 8. The van der Waals surface area contributed by atoms with Gasteiger partial charge in [0.1, 0.15) is 5.75 Å². The minimum Gasteiger partial charge on any atom is -0.494 e. The second-order valence-electron chi connectivity index (χ2n) is 4.29. The molecule has 4 heteroatoms. The Morgan fingerprint density at radius 3 is 2.79 bits per heavy atom. The fourth-order valence-corrected chi connectivity index (χ4v) is 1.86. The summed E-state index contributed by atoms with van der Waals surface area (Å²) in [4.78, 5) is 11.5. The van der Waals surface area contributed by atoms with Gasteiger partial charge in [-0.3, -0.25) is 4.79 Å². The lowest BCUT2D eigenvalue weighted by molar-refractivity contribution is -0.141. The third-order valence-corrected chi connectivity index (χ3v) is 2.81. The van der Waals surface area contributed by atoms with Gasteiger partial charge in [0.15, 0.2) is 0 Å². The molecule has 0 aromatic heterocycles. The number of nitrogens with one attached hydrogen (secondary N) is 1. The van der Waals surface area contributed by atoms with Crippen LogP contribution in [0.25, 0.3) is 0 Å². The highest BCUT2D eigenvalue weighted by molar-refractivity contribution is 5.70. The van der Waals surface area contributed by atoms with E-state index in [0.717, 1.165) is 24.3 Å². The molecule has 0 spiro atoms. The summed E-state index contributed by atoms with van der Waals surface area (Å²) in [7, 11) is 1.41. The van der Waals surface area contributed by atoms with Gasteiger partial charge in [-0.15, -0.1) is 0 Å². The van der Waals surface area contributed by atoms with Gasteiger partial charge >= 0.3 is 5.97 Å². The van der Waals surface area contributed by atoms with E-state index in [4.69, 9.17) is 9.47 Å². The van der Waals surface area contributed by atoms with Crippen molar-refractivity contribution in [2.45, 2.75) is 32.7 Å². The predicted molar refractivity (Wildman–Crippen MR) is 75.3 cm³/mol. The van der Waals surface area contributed by atoms with Gasteiger partial charge in [-0.2, -0.15) is 0 Å². The van der Waals surface area contributed by atoms with E-state index in [1.807, 2.05) is 31.2 Å². The topological polar surface area (TPSA) is 47.6 Å². The summed E-state index contributed by atoms with van der Waals surface area (Å²) in [5.74, 6) is 0.614. The molecule has 106 valence electrons. The number of methoxy groups -OCH3 is 1. The van der Waals surface area contributed by atoms with E-state index in [1.165, 1.54) is 7.11 Å². The smallest absolute Gasteiger partial charge is 0.307 e. The van der Waals surface area contributed by atoms with Crippen LogP contribution >= 0.6 is 0 Å². The fourth-order valence-electron chi connectivity index (χ4n) is 1.86. The fraction of sp³-hybridized carbons (Fsp3) is 0.533. The summed E-state index contributed by atoms with van der Waals surface area (Å²) in [6, 6.07) is 7.80. The molecule has 0 heterocycles. The van der Waals surface area contributed by atoms with Gasteiger partial charge in [0.2, 0.25) is 0 Å². The zero-order chi connectivity index (χ0) is 14.1. The first kappa shape index (κ1) is 15.5. The van der Waals surface area contributed by atoms with Crippen LogP contribution in [0.4, 0.5) is 0 Å². The number of hydrogen-bond donors (Lipinski definition) is 1. The summed E-state index contributed by atoms with van der Waals surface area (Å²) < 4.78 is 10.2. The zero-order valence-corrected chi connectivity index (χ0v) is 11.9. The normalized spacial score (nSPS) is 11.9. The lowest BCUT2D eigenvalue weighted by atomic mass is 10.0. The van der Waals surface area contributed by atoms with E-state index in [0.29, 0.717) is 13.0 Å². The Hall–Kier alpha value is -1.55. The van der Waals surface area contributed by atoms with E-state index in [1.54, 1.807) is 0 Å². The minimum atomic E-state index is -0.213. The highest BCUT2D eigenvalue weighted by Gasteiger charge is 2.16. The molecule has 4 nitrogen and oxygen atoms in total. The van der Waals surface area contributed by atoms with Gasteiger partial charge in [-0.05, 0) is 37.6 Å². The molecule has 0 bridgehead atoms. The molecule has 0 fully saturated rings. The van der Waals surface area contributed by atoms with Crippen LogP contribution in [0.2, 0.25) is 0 Å². The van der Waals surface area contributed by atoms with Gasteiger partial charge in [-0.1, -0.05) is 19.1 Å². The molecule has 0 amide bonds. The first-order valence-corrected chi connectivity index (χ1v) is 6.74. The first-order chi connectivity index (χ1) is 9.21. The summed E-state index contributed by atoms with van der Waals surface area (Å²) in [6.45, 7) is 5.54. The van der Waals surface area contributed by atoms with Crippen molar-refractivity contribution in [3.63, 3.8) is 0 Å². The molecule has 0 aliphatic heterocycles. The van der Waals surface area contributed by atoms with Crippen molar-refractivity contribution in [3.8, 4) is 5.75 Å². The SMILES string of the molecule is CCCNC(CC(=O)OC)c1cccc(OCC)c1. The first-order valence-electron chi connectivity index (χ1n) is 6.74. The summed E-state index contributed by atoms with van der Waals surface area (Å²) in [6.07, 6.45) is 1.34. The minimum absolute atomic E-state index is 0.0344. The van der Waals surface area contributed by atoms with Gasteiger partial charge in [0.05, 0.1) is 20.1 Å². The molecule has 0 aliphatic rings. The van der Waals surface area contributed by atoms with Gasteiger partial charge in [0.25, 0.3) is 0 Å². The molecule has 0 radical (unpaired) electrons. The maximum absolute atomic E-state index is 11.5. The third kappa shape index (κ3) is 5.30. The maximum Gasteiger partial charge on any atom is 0.307 e. The third-order valence-electron chi connectivity index (χ3n) is 2.81. The molecule has 1 atom stereocenters. The molecule has 0 saturated carbocycles. The molecule has 1 N–H and O–H groups in total. The second kappa shape index (κ2) is 8.53. The lowest BCUT2D eigenvalue weighted by Gasteiger charge is -2.18. The van der Waals surface area contributed by atoms with Crippen LogP contribution in [-0.4, -0.2) is 26.2 Å². The molecule has 1 unspecified atom stereocenters. The Balaban J connectivity index is 2.82. The molecule has 1 aromatic carbocycles. The zero-order valence-electron chi connectivity index (χ0n) is 11.9. The van der Waals surface area contributed by atoms with E-state index in [9.17, 15) is 4.79 Å². The number of benzene rings is 1. The quantitative estimate of drug-likeness (QED) is 0.734. The standard InChI is InChI=1S/C15H23NO3/c1-4-9-16-14(11-15(17)18-3)12-7-6-8-13(10-12)19-5-2/h6-8,10,14,16H,4-5,9,11H2,1-3H3. The molecule has 1 aromatic rings. The lowest BCUT2D eigenvalue weighted by Crippen LogP contribution is -2.25. The average Bonchev–Trinajstić information content (AvgIpc) is 2.43. The Bertz CT molecular complexity index is 393. The molecule has 0 aliphatic carbocycles. The largest absolute Gasteiger partial charge is 0.494 e. The van der Waals surface area contributed by atoms with Crippen LogP contribution in [0, 0.1) is 0 Å². The van der Waals surface area contributed by atoms with E-state index in [2.05, 4.69) is 12.2 Å². The van der Waals surface area contributed by atoms with Crippen LogP contribution in [0.3, 0.4) is 0 Å². The second-order valence-corrected chi connectivity index (χ2v) is 4.29. The van der Waals surface area contributed by atoms with E-state index < -0.39 is 0 Å². The Morgan fingerprint density at radius 2 is 2.16 bits per heavy atom. The van der Waals surface area contributed by atoms with Gasteiger partial charge < -0.3 is 14.8 Å². The number of hydrogen-bond acceptors (Lipinski definition) is 4. The van der Waals surface area contributed by atoms with Crippen molar-refractivity contribution in [3.05, 3.63) is 29.8 Å². The number of esters is 1. The Morgan fingerprint density at radius 1 is 1.37 bits per heavy atom. The highest BCUT2D eigenvalue weighted by Crippen LogP contribution is 2.22. The van der Waals surface area contributed by atoms with Crippen molar-refractivity contribution in [1.82, 2.24) is 5.32 Å². The molecule has 19 heavy (non-hydrogen) atoms. The average molecular weight is 265 g/mol. The number of carbonyl (C=O) groups excluding carboxylic acids is 1. The van der Waals surface area contributed by atoms with Gasteiger partial charge in [0, 0.05) is 6.04 Å². The molecular weight excluding hydrogens is 242 g/mol. The summed E-state index contributed by atoms with van der Waals surface area (Å²) in [5, 5.41) is 3.36. The van der Waals surface area contributed by atoms with Crippen LogP contribution in [0.5, 0.6) is 5.75 Å². The van der Waals surface area contributed by atoms with Crippen molar-refractivity contribution in [2.75, 3.05) is 20.3 Å². The van der Waals surface area contributed by atoms with Crippen LogP contribution in [-0.2, 0) is 9.53 Å². The van der Waals surface area contributed by atoms with Gasteiger partial charge in [-0.25, -0.2) is 0 Å². The maximum atomic E-state index is 11.5. The molecule has 1 rings (SSSR count). The van der Waals surface area contributed by atoms with Crippen molar-refractivity contribution >= 4 is 5.97 Å². The molecular formula is C15H23NO3. The number of ether oxygens (including phenoxy) is 2. The van der Waals surface area contributed by atoms with Crippen molar-refractivity contribution < 1.29 is 14.3 Å². The van der Waals surface area contributed by atoms with Crippen LogP contribution < -0.4 is 10.1 Å². The molecule has 0 saturated heterocycles. The summed E-state index contributed by atoms with van der Waals surface area (Å²) >= 11 is 0. The monoisotopic (exact) mass is 265 g/mol. The summed E-state index contributed by atoms with van der Waals surface area (Å²) in [5.41, 5.74) is 1.05. The Labute approximate surface area is 115 Å². The predicted octanol–water partition coefficient (Wildman–Crippen LogP) is 2.69. The van der Waals surface area contributed by atoms with Crippen molar-refractivity contribution in [2.24, 2.45) is 0 Å².